The number of allylic oxidation sites excluding steroid dienone is 1. The van der Waals surface area contributed by atoms with Gasteiger partial charge in [-0.05, 0) is 104 Å². The number of carboxylic acid groups (broad SMARTS) is 1. The summed E-state index contributed by atoms with van der Waals surface area (Å²) >= 11 is 4.18. The highest BCUT2D eigenvalue weighted by atomic mass is 127. The van der Waals surface area contributed by atoms with E-state index in [9.17, 15) is 23.2 Å². The molecule has 3 aromatic rings. The molecule has 3 rings (SSSR count). The number of ether oxygens (including phenoxy) is 1. The van der Waals surface area contributed by atoms with Crippen molar-refractivity contribution < 1.29 is 27.8 Å². The summed E-state index contributed by atoms with van der Waals surface area (Å²) in [6.07, 6.45) is -2.96. The van der Waals surface area contributed by atoms with Gasteiger partial charge in [-0.25, -0.2) is 4.79 Å². The van der Waals surface area contributed by atoms with Crippen molar-refractivity contribution in [2.75, 3.05) is 0 Å². The van der Waals surface area contributed by atoms with Gasteiger partial charge in [0.15, 0.2) is 0 Å². The number of carboxylic acids is 1. The van der Waals surface area contributed by atoms with Crippen LogP contribution in [-0.2, 0) is 12.8 Å². The number of carbonyl (C=O) groups is 1. The van der Waals surface area contributed by atoms with Crippen molar-refractivity contribution in [2.24, 2.45) is 0 Å². The van der Waals surface area contributed by atoms with E-state index in [4.69, 9.17) is 9.84 Å². The predicted octanol–water partition coefficient (Wildman–Crippen LogP) is 7.26. The Kier molecular flexibility index (Phi) is 8.01. The molecule has 0 saturated carbocycles. The van der Waals surface area contributed by atoms with Crippen molar-refractivity contribution in [3.8, 4) is 11.8 Å². The highest BCUT2D eigenvalue weighted by Gasteiger charge is 2.30. The van der Waals surface area contributed by atoms with Crippen LogP contribution in [0.5, 0.6) is 5.75 Å². The zero-order valence-corrected chi connectivity index (χ0v) is 21.0. The van der Waals surface area contributed by atoms with Crippen molar-refractivity contribution in [3.05, 3.63) is 95.6 Å². The van der Waals surface area contributed by atoms with Crippen LogP contribution < -0.4 is 4.74 Å². The molecule has 1 N–H and O–H groups in total. The molecule has 0 aliphatic heterocycles. The third kappa shape index (κ3) is 6.48. The molecule has 0 fully saturated rings. The van der Waals surface area contributed by atoms with Gasteiger partial charge in [-0.3, -0.25) is 0 Å². The minimum atomic E-state index is -4.49. The molecule has 0 bridgehead atoms. The summed E-state index contributed by atoms with van der Waals surface area (Å²) < 4.78 is 46.5. The van der Waals surface area contributed by atoms with Crippen LogP contribution >= 0.6 is 45.2 Å². The van der Waals surface area contributed by atoms with Crippen LogP contribution in [0.3, 0.4) is 0 Å². The van der Waals surface area contributed by atoms with Crippen molar-refractivity contribution in [3.63, 3.8) is 0 Å². The van der Waals surface area contributed by atoms with E-state index >= 15 is 0 Å². The van der Waals surface area contributed by atoms with Gasteiger partial charge in [-0.1, -0.05) is 24.3 Å². The molecule has 168 valence electrons. The summed E-state index contributed by atoms with van der Waals surface area (Å²) in [7, 11) is 0. The molecule has 0 heterocycles. The summed E-state index contributed by atoms with van der Waals surface area (Å²) in [4.78, 5) is 11.0. The number of nitriles is 1. The van der Waals surface area contributed by atoms with Gasteiger partial charge in [0.1, 0.15) is 12.4 Å². The Morgan fingerprint density at radius 3 is 2.21 bits per heavy atom. The smallest absolute Gasteiger partial charge is 0.416 e. The molecule has 0 amide bonds. The van der Waals surface area contributed by atoms with Crippen molar-refractivity contribution >= 4 is 62.8 Å². The van der Waals surface area contributed by atoms with E-state index in [0.29, 0.717) is 11.3 Å². The molecule has 0 unspecified atom stereocenters. The van der Waals surface area contributed by atoms with E-state index in [0.717, 1.165) is 24.8 Å². The first-order chi connectivity index (χ1) is 15.6. The second-order valence-corrected chi connectivity index (χ2v) is 9.18. The van der Waals surface area contributed by atoms with E-state index in [1.54, 1.807) is 24.3 Å². The number of rotatable bonds is 6. The Hall–Kier alpha value is -2.59. The third-order valence-corrected chi connectivity index (χ3v) is 6.14. The van der Waals surface area contributed by atoms with Crippen LogP contribution in [0.1, 0.15) is 32.6 Å². The molecule has 3 aromatic carbocycles. The van der Waals surface area contributed by atoms with Crippen LogP contribution in [0.25, 0.3) is 11.6 Å². The second-order valence-electron chi connectivity index (χ2n) is 6.85. The molecule has 9 heteroatoms. The van der Waals surface area contributed by atoms with Crippen molar-refractivity contribution in [1.82, 2.24) is 0 Å². The summed E-state index contributed by atoms with van der Waals surface area (Å²) in [6, 6.07) is 16.5. The zero-order chi connectivity index (χ0) is 24.2. The minimum Gasteiger partial charge on any atom is -0.487 e. The van der Waals surface area contributed by atoms with Gasteiger partial charge in [-0.2, -0.15) is 18.4 Å². The SMILES string of the molecule is N#C/C(=C/c1cc(I)c(OCc2ccc(C(=O)O)cc2)c(I)c1)c1cccc(C(F)(F)F)c1. The maximum atomic E-state index is 13.0. The fraction of sp³-hybridized carbons (Fsp3) is 0.0833. The van der Waals surface area contributed by atoms with E-state index in [-0.39, 0.29) is 23.3 Å². The first-order valence-corrected chi connectivity index (χ1v) is 11.5. The van der Waals surface area contributed by atoms with E-state index in [1.807, 2.05) is 6.07 Å². The summed E-state index contributed by atoms with van der Waals surface area (Å²) in [6.45, 7) is 0.231. The lowest BCUT2D eigenvalue weighted by Gasteiger charge is -2.12. The van der Waals surface area contributed by atoms with Crippen LogP contribution in [0, 0.1) is 18.5 Å². The van der Waals surface area contributed by atoms with Crippen molar-refractivity contribution in [2.45, 2.75) is 12.8 Å². The highest BCUT2D eigenvalue weighted by Crippen LogP contribution is 2.33. The normalized spacial score (nSPS) is 11.7. The Morgan fingerprint density at radius 1 is 1.03 bits per heavy atom. The molecule has 0 aromatic heterocycles. The van der Waals surface area contributed by atoms with Gasteiger partial charge in [0.05, 0.1) is 29.9 Å². The van der Waals surface area contributed by atoms with Crippen LogP contribution in [-0.4, -0.2) is 11.1 Å². The zero-order valence-electron chi connectivity index (χ0n) is 16.7. The van der Waals surface area contributed by atoms with Gasteiger partial charge >= 0.3 is 12.1 Å². The lowest BCUT2D eigenvalue weighted by atomic mass is 10.0. The number of hydrogen-bond acceptors (Lipinski definition) is 3. The standard InChI is InChI=1S/C24H14F3I2NO3/c25-24(26,27)19-3-1-2-17(11-19)18(12-30)8-15-9-20(28)22(21(29)10-15)33-13-14-4-6-16(7-5-14)23(31)32/h1-11H,13H2,(H,31,32)/b18-8-. The number of nitrogens with zero attached hydrogens (tertiary/aromatic N) is 1. The maximum absolute atomic E-state index is 13.0. The third-order valence-electron chi connectivity index (χ3n) is 4.54. The molecule has 0 aliphatic rings. The Balaban J connectivity index is 1.83. The van der Waals surface area contributed by atoms with Gasteiger partial charge in [0.2, 0.25) is 0 Å². The average molecular weight is 675 g/mol. The first-order valence-electron chi connectivity index (χ1n) is 9.32. The predicted molar refractivity (Wildman–Crippen MR) is 135 cm³/mol. The summed E-state index contributed by atoms with van der Waals surface area (Å²) in [5.41, 5.74) is 1.11. The van der Waals surface area contributed by atoms with Crippen LogP contribution in [0.2, 0.25) is 0 Å². The quantitative estimate of drug-likeness (QED) is 0.170. The Bertz CT molecular complexity index is 1240. The van der Waals surface area contributed by atoms with Gasteiger partial charge in [0, 0.05) is 0 Å². The summed E-state index contributed by atoms with van der Waals surface area (Å²) in [5, 5.41) is 18.5. The number of aromatic carboxylic acids is 1. The van der Waals surface area contributed by atoms with Gasteiger partial charge < -0.3 is 9.84 Å². The van der Waals surface area contributed by atoms with Crippen molar-refractivity contribution in [1.29, 1.82) is 5.26 Å². The molecule has 33 heavy (non-hydrogen) atoms. The first kappa shape index (κ1) is 25.0. The van der Waals surface area contributed by atoms with E-state index < -0.39 is 17.7 Å². The fourth-order valence-corrected chi connectivity index (χ4v) is 5.04. The highest BCUT2D eigenvalue weighted by molar-refractivity contribution is 14.1. The molecular weight excluding hydrogens is 661 g/mol. The number of alkyl halides is 3. The molecule has 0 radical (unpaired) electrons. The van der Waals surface area contributed by atoms with Crippen LogP contribution in [0.4, 0.5) is 13.2 Å². The monoisotopic (exact) mass is 675 g/mol. The molecule has 0 spiro atoms. The maximum Gasteiger partial charge on any atom is 0.416 e. The largest absolute Gasteiger partial charge is 0.487 e. The van der Waals surface area contributed by atoms with Crippen LogP contribution in [0.15, 0.2) is 60.7 Å². The number of halogens is 5. The Morgan fingerprint density at radius 2 is 1.67 bits per heavy atom. The van der Waals surface area contributed by atoms with E-state index in [2.05, 4.69) is 45.2 Å². The van der Waals surface area contributed by atoms with E-state index in [1.165, 1.54) is 30.3 Å². The Labute approximate surface area is 215 Å². The molecule has 0 aliphatic carbocycles. The number of benzene rings is 3. The lowest BCUT2D eigenvalue weighted by molar-refractivity contribution is -0.137. The lowest BCUT2D eigenvalue weighted by Crippen LogP contribution is -2.05. The minimum absolute atomic E-state index is 0.111. The fourth-order valence-electron chi connectivity index (χ4n) is 2.91. The average Bonchev–Trinajstić information content (AvgIpc) is 2.76. The van der Waals surface area contributed by atoms with Gasteiger partial charge in [0.25, 0.3) is 0 Å². The summed E-state index contributed by atoms with van der Waals surface area (Å²) in [5.74, 6) is -0.384. The molecular formula is C24H14F3I2NO3. The molecule has 0 atom stereocenters. The topological polar surface area (TPSA) is 70.3 Å². The number of hydrogen-bond donors (Lipinski definition) is 1. The second kappa shape index (κ2) is 10.6. The molecule has 0 saturated heterocycles. The van der Waals surface area contributed by atoms with Gasteiger partial charge in [-0.15, -0.1) is 0 Å². The molecule has 4 nitrogen and oxygen atoms in total.